The van der Waals surface area contributed by atoms with Gasteiger partial charge in [0.25, 0.3) is 5.91 Å². The molecule has 3 amide bonds. The number of carbonyl (C=O) groups excluding carboxylic acids is 3. The van der Waals surface area contributed by atoms with E-state index in [1.54, 1.807) is 53.5 Å². The summed E-state index contributed by atoms with van der Waals surface area (Å²) in [5.74, 6) is -1.58. The minimum absolute atomic E-state index is 0.0452. The van der Waals surface area contributed by atoms with Crippen LogP contribution in [0.25, 0.3) is 0 Å². The lowest BCUT2D eigenvalue weighted by molar-refractivity contribution is -0.129. The standard InChI is InChI=1S/C21H21FN2O3/c22-20(14-21-9-5-4-8-16(21)17(25)23-19(21)27)10-12-24(13-11-20)18(26)15-6-2-1-3-7-15/h1-9,16H,10-14H2,(H,23,25,27). The number of fused-ring (bicyclic) bond motifs is 1. The van der Waals surface area contributed by atoms with Crippen molar-refractivity contribution in [3.05, 3.63) is 60.2 Å². The lowest BCUT2D eigenvalue weighted by Gasteiger charge is -2.41. The van der Waals surface area contributed by atoms with Gasteiger partial charge in [-0.3, -0.25) is 19.7 Å². The Morgan fingerprint density at radius 2 is 1.85 bits per heavy atom. The molecule has 2 unspecified atom stereocenters. The topological polar surface area (TPSA) is 66.5 Å². The highest BCUT2D eigenvalue weighted by Crippen LogP contribution is 2.48. The van der Waals surface area contributed by atoms with E-state index >= 15 is 4.39 Å². The quantitative estimate of drug-likeness (QED) is 0.833. The molecular weight excluding hydrogens is 347 g/mol. The van der Waals surface area contributed by atoms with Gasteiger partial charge in [0, 0.05) is 25.1 Å². The number of imide groups is 1. The maximum atomic E-state index is 15.6. The van der Waals surface area contributed by atoms with Gasteiger partial charge in [0.05, 0.1) is 11.3 Å². The molecule has 0 radical (unpaired) electrons. The van der Waals surface area contributed by atoms with E-state index in [1.807, 2.05) is 6.07 Å². The second-order valence-corrected chi connectivity index (χ2v) is 7.57. The van der Waals surface area contributed by atoms with E-state index in [0.29, 0.717) is 18.7 Å². The molecule has 140 valence electrons. The Kier molecular flexibility index (Phi) is 4.21. The van der Waals surface area contributed by atoms with Gasteiger partial charge < -0.3 is 4.90 Å². The smallest absolute Gasteiger partial charge is 0.253 e. The average Bonchev–Trinajstić information content (AvgIpc) is 2.92. The third-order valence-electron chi connectivity index (χ3n) is 5.88. The van der Waals surface area contributed by atoms with E-state index in [1.165, 1.54) is 0 Å². The Balaban J connectivity index is 1.48. The predicted octanol–water partition coefficient (Wildman–Crippen LogP) is 2.41. The summed E-state index contributed by atoms with van der Waals surface area (Å²) in [6.07, 6.45) is 6.99. The molecule has 1 aromatic rings. The highest BCUT2D eigenvalue weighted by atomic mass is 19.1. The minimum atomic E-state index is -1.59. The van der Waals surface area contributed by atoms with Crippen LogP contribution in [0, 0.1) is 11.3 Å². The van der Waals surface area contributed by atoms with Crippen LogP contribution in [0.1, 0.15) is 29.6 Å². The number of benzene rings is 1. The van der Waals surface area contributed by atoms with Crippen LogP contribution in [0.4, 0.5) is 4.39 Å². The molecule has 2 aliphatic heterocycles. The molecule has 1 N–H and O–H groups in total. The van der Waals surface area contributed by atoms with Gasteiger partial charge in [-0.05, 0) is 25.0 Å². The fourth-order valence-electron chi connectivity index (χ4n) is 4.35. The molecule has 4 rings (SSSR count). The number of hydrogen-bond donors (Lipinski definition) is 1. The van der Waals surface area contributed by atoms with Crippen LogP contribution in [0.3, 0.4) is 0 Å². The summed E-state index contributed by atoms with van der Waals surface area (Å²) < 4.78 is 15.6. The largest absolute Gasteiger partial charge is 0.338 e. The first-order valence-corrected chi connectivity index (χ1v) is 9.18. The number of amides is 3. The number of rotatable bonds is 3. The van der Waals surface area contributed by atoms with Crippen molar-refractivity contribution < 1.29 is 18.8 Å². The highest BCUT2D eigenvalue weighted by molar-refractivity contribution is 6.09. The van der Waals surface area contributed by atoms with E-state index in [0.717, 1.165) is 0 Å². The molecule has 0 bridgehead atoms. The Labute approximate surface area is 156 Å². The van der Waals surface area contributed by atoms with Gasteiger partial charge in [-0.25, -0.2) is 4.39 Å². The third kappa shape index (κ3) is 2.99. The normalized spacial score (nSPS) is 28.8. The maximum Gasteiger partial charge on any atom is 0.253 e. The molecule has 2 heterocycles. The summed E-state index contributed by atoms with van der Waals surface area (Å²) in [5, 5.41) is 2.34. The minimum Gasteiger partial charge on any atom is -0.338 e. The summed E-state index contributed by atoms with van der Waals surface area (Å²) in [6.45, 7) is 0.584. The van der Waals surface area contributed by atoms with E-state index in [4.69, 9.17) is 0 Å². The fraction of sp³-hybridized carbons (Fsp3) is 0.381. The second kappa shape index (κ2) is 6.44. The molecule has 0 spiro atoms. The summed E-state index contributed by atoms with van der Waals surface area (Å²) in [5.41, 5.74) is -2.17. The lowest BCUT2D eigenvalue weighted by Crippen LogP contribution is -2.48. The van der Waals surface area contributed by atoms with Crippen molar-refractivity contribution in [3.63, 3.8) is 0 Å². The molecule has 2 atom stereocenters. The number of halogens is 1. The van der Waals surface area contributed by atoms with Gasteiger partial charge >= 0.3 is 0 Å². The van der Waals surface area contributed by atoms with Crippen LogP contribution in [-0.4, -0.2) is 41.4 Å². The van der Waals surface area contributed by atoms with Gasteiger partial charge in [-0.1, -0.05) is 42.5 Å². The number of likely N-dealkylation sites (tertiary alicyclic amines) is 1. The van der Waals surface area contributed by atoms with Crippen molar-refractivity contribution in [2.45, 2.75) is 24.9 Å². The molecule has 2 saturated heterocycles. The number of nitrogens with one attached hydrogen (secondary N) is 1. The molecule has 27 heavy (non-hydrogen) atoms. The van der Waals surface area contributed by atoms with Crippen molar-refractivity contribution >= 4 is 17.7 Å². The zero-order chi connectivity index (χ0) is 19.1. The maximum absolute atomic E-state index is 15.6. The van der Waals surface area contributed by atoms with E-state index in [2.05, 4.69) is 5.32 Å². The van der Waals surface area contributed by atoms with Crippen molar-refractivity contribution in [1.82, 2.24) is 10.2 Å². The fourth-order valence-corrected chi connectivity index (χ4v) is 4.35. The Bertz CT molecular complexity index is 840. The van der Waals surface area contributed by atoms with Crippen molar-refractivity contribution in [1.29, 1.82) is 0 Å². The van der Waals surface area contributed by atoms with Crippen LogP contribution in [0.5, 0.6) is 0 Å². The number of hydrogen-bond acceptors (Lipinski definition) is 3. The molecule has 3 aliphatic rings. The van der Waals surface area contributed by atoms with Gasteiger partial charge in [0.15, 0.2) is 0 Å². The number of nitrogens with zero attached hydrogens (tertiary/aromatic N) is 1. The molecule has 1 aliphatic carbocycles. The summed E-state index contributed by atoms with van der Waals surface area (Å²) in [4.78, 5) is 38.7. The predicted molar refractivity (Wildman–Crippen MR) is 97.4 cm³/mol. The van der Waals surface area contributed by atoms with Crippen molar-refractivity contribution in [2.24, 2.45) is 11.3 Å². The van der Waals surface area contributed by atoms with Gasteiger partial charge in [0.1, 0.15) is 5.67 Å². The Morgan fingerprint density at radius 3 is 2.56 bits per heavy atom. The molecule has 5 nitrogen and oxygen atoms in total. The van der Waals surface area contributed by atoms with E-state index in [-0.39, 0.29) is 31.1 Å². The van der Waals surface area contributed by atoms with Crippen LogP contribution in [-0.2, 0) is 9.59 Å². The van der Waals surface area contributed by atoms with Crippen molar-refractivity contribution in [3.8, 4) is 0 Å². The van der Waals surface area contributed by atoms with E-state index in [9.17, 15) is 14.4 Å². The van der Waals surface area contributed by atoms with E-state index < -0.39 is 22.9 Å². The van der Waals surface area contributed by atoms with Crippen LogP contribution >= 0.6 is 0 Å². The monoisotopic (exact) mass is 368 g/mol. The molecular formula is C21H21FN2O3. The summed E-state index contributed by atoms with van der Waals surface area (Å²) in [7, 11) is 0. The third-order valence-corrected chi connectivity index (χ3v) is 5.88. The first kappa shape index (κ1) is 17.6. The van der Waals surface area contributed by atoms with Crippen molar-refractivity contribution in [2.75, 3.05) is 13.1 Å². The van der Waals surface area contributed by atoms with Gasteiger partial charge in [0.2, 0.25) is 11.8 Å². The molecule has 0 saturated carbocycles. The molecule has 0 aromatic heterocycles. The highest BCUT2D eigenvalue weighted by Gasteiger charge is 2.57. The number of piperidine rings is 1. The Hall–Kier alpha value is -2.76. The molecule has 6 heteroatoms. The van der Waals surface area contributed by atoms with Gasteiger partial charge in [-0.15, -0.1) is 0 Å². The molecule has 2 fully saturated rings. The van der Waals surface area contributed by atoms with Gasteiger partial charge in [-0.2, -0.15) is 0 Å². The SMILES string of the molecule is O=C1NC(=O)C2(CC3(F)CCN(C(=O)c4ccccc4)CC3)C=CC=CC12. The number of carbonyl (C=O) groups is 3. The lowest BCUT2D eigenvalue weighted by atomic mass is 9.66. The number of allylic oxidation sites excluding steroid dienone is 2. The van der Waals surface area contributed by atoms with Crippen LogP contribution in [0.15, 0.2) is 54.6 Å². The van der Waals surface area contributed by atoms with Crippen LogP contribution in [0.2, 0.25) is 0 Å². The molecule has 1 aromatic carbocycles. The number of alkyl halides is 1. The zero-order valence-electron chi connectivity index (χ0n) is 14.9. The summed E-state index contributed by atoms with van der Waals surface area (Å²) >= 11 is 0. The summed E-state index contributed by atoms with van der Waals surface area (Å²) in [6, 6.07) is 8.94. The first-order valence-electron chi connectivity index (χ1n) is 9.18. The first-order chi connectivity index (χ1) is 12.9. The zero-order valence-corrected chi connectivity index (χ0v) is 14.9. The van der Waals surface area contributed by atoms with Crippen LogP contribution < -0.4 is 5.32 Å². The second-order valence-electron chi connectivity index (χ2n) is 7.57. The average molecular weight is 368 g/mol. The Morgan fingerprint density at radius 1 is 1.15 bits per heavy atom.